The van der Waals surface area contributed by atoms with Crippen molar-refractivity contribution >= 4 is 20.1 Å². The first-order valence-electron chi connectivity index (χ1n) is 12.2. The van der Waals surface area contributed by atoms with Gasteiger partial charge in [0.25, 0.3) is 10.1 Å². The van der Waals surface area contributed by atoms with Crippen molar-refractivity contribution in [1.82, 2.24) is 4.72 Å². The first-order chi connectivity index (χ1) is 16.7. The van der Waals surface area contributed by atoms with Gasteiger partial charge in [0.1, 0.15) is 4.90 Å². The molecule has 0 fully saturated rings. The van der Waals surface area contributed by atoms with Gasteiger partial charge in [0.05, 0.1) is 11.5 Å². The van der Waals surface area contributed by atoms with Crippen LogP contribution in [0, 0.1) is 0 Å². The lowest BCUT2D eigenvalue weighted by Gasteiger charge is -2.07. The molecule has 0 bridgehead atoms. The van der Waals surface area contributed by atoms with Crippen LogP contribution in [0.5, 0.6) is 0 Å². The van der Waals surface area contributed by atoms with E-state index in [2.05, 4.69) is 18.6 Å². The van der Waals surface area contributed by atoms with Crippen LogP contribution in [0.2, 0.25) is 0 Å². The number of nitrogens with one attached hydrogen (secondary N) is 1. The Morgan fingerprint density at radius 3 is 2.29 bits per heavy atom. The molecule has 0 radical (unpaired) electrons. The van der Waals surface area contributed by atoms with Gasteiger partial charge in [0, 0.05) is 12.1 Å². The molecule has 2 aliphatic rings. The van der Waals surface area contributed by atoms with Crippen LogP contribution in [-0.4, -0.2) is 30.0 Å². The average molecular weight is 518 g/mol. The van der Waals surface area contributed by atoms with Gasteiger partial charge in [-0.25, -0.2) is 13.1 Å². The largest absolute Gasteiger partial charge is 0.297 e. The molecule has 0 heterocycles. The molecule has 1 aromatic carbocycles. The minimum absolute atomic E-state index is 0.165. The second kappa shape index (κ2) is 12.1. The lowest BCUT2D eigenvalue weighted by molar-refractivity contribution is 0.311. The van der Waals surface area contributed by atoms with Crippen molar-refractivity contribution in [2.24, 2.45) is 0 Å². The third-order valence-corrected chi connectivity index (χ3v) is 8.79. The molecule has 190 valence electrons. The molecular weight excluding hydrogens is 482 g/mol. The average Bonchev–Trinajstić information content (AvgIpc) is 3.01. The number of hydrogen-bond donors (Lipinski definition) is 1. The Bertz CT molecular complexity index is 1290. The molecule has 6 nitrogen and oxygen atoms in total. The van der Waals surface area contributed by atoms with Crippen LogP contribution in [-0.2, 0) is 30.7 Å². The molecule has 0 atom stereocenters. The Hall–Kier alpha value is -2.26. The van der Waals surface area contributed by atoms with Crippen LogP contribution in [0.25, 0.3) is 11.1 Å². The summed E-state index contributed by atoms with van der Waals surface area (Å²) in [6.45, 7) is 6.62. The Kier molecular flexibility index (Phi) is 9.47. The SMILES string of the molecule is CCCCOS(=O)(=O)c1cc(CCCCNS(=O)(=O)c2ccccc2)c2cccc(C(C)C)cc1-2. The fourth-order valence-corrected chi connectivity index (χ4v) is 6.20. The van der Waals surface area contributed by atoms with Crippen molar-refractivity contribution in [3.63, 3.8) is 0 Å². The van der Waals surface area contributed by atoms with Gasteiger partial charge in [-0.3, -0.25) is 4.18 Å². The van der Waals surface area contributed by atoms with Crippen LogP contribution in [0.1, 0.15) is 63.5 Å². The number of rotatable bonds is 13. The van der Waals surface area contributed by atoms with Crippen molar-refractivity contribution in [3.05, 3.63) is 71.8 Å². The molecule has 0 aromatic heterocycles. The standard InChI is InChI=1S/C27H35NO5S2/c1-4-5-18-33-35(31,32)27-20-23(25-16-11-13-22(21(2)3)19-26(25)27)12-9-10-17-28-34(29,30)24-14-7-6-8-15-24/h6-8,11,13-16,19-21,28H,4-5,9-10,12,17-18H2,1-3H3. The number of unbranched alkanes of at least 4 members (excludes halogenated alkanes) is 2. The van der Waals surface area contributed by atoms with Crippen molar-refractivity contribution in [2.75, 3.05) is 13.2 Å². The van der Waals surface area contributed by atoms with Gasteiger partial charge in [0.15, 0.2) is 0 Å². The smallest absolute Gasteiger partial charge is 0.266 e. The number of benzene rings is 1. The second-order valence-electron chi connectivity index (χ2n) is 8.98. The molecule has 0 spiro atoms. The quantitative estimate of drug-likeness (QED) is 0.231. The fraction of sp³-hybridized carbons (Fsp3) is 0.407. The Labute approximate surface area is 210 Å². The maximum absolute atomic E-state index is 13.0. The van der Waals surface area contributed by atoms with E-state index in [9.17, 15) is 16.8 Å². The highest BCUT2D eigenvalue weighted by Gasteiger charge is 2.26. The third-order valence-electron chi connectivity index (χ3n) is 5.96. The topological polar surface area (TPSA) is 89.5 Å². The minimum atomic E-state index is -3.89. The van der Waals surface area contributed by atoms with Crippen LogP contribution < -0.4 is 4.72 Å². The highest BCUT2D eigenvalue weighted by molar-refractivity contribution is 7.89. The number of fused-ring (bicyclic) bond motifs is 1. The molecule has 0 saturated carbocycles. The summed E-state index contributed by atoms with van der Waals surface area (Å²) in [7, 11) is -7.42. The predicted octanol–water partition coefficient (Wildman–Crippen LogP) is 5.72. The lowest BCUT2D eigenvalue weighted by Crippen LogP contribution is -2.24. The monoisotopic (exact) mass is 517 g/mol. The van der Waals surface area contributed by atoms with Gasteiger partial charge in [-0.1, -0.05) is 63.6 Å². The van der Waals surface area contributed by atoms with Crippen LogP contribution >= 0.6 is 0 Å². The van der Waals surface area contributed by atoms with E-state index in [-0.39, 0.29) is 22.3 Å². The zero-order valence-corrected chi connectivity index (χ0v) is 22.3. The molecule has 3 rings (SSSR count). The van der Waals surface area contributed by atoms with Gasteiger partial charge in [-0.15, -0.1) is 0 Å². The molecule has 35 heavy (non-hydrogen) atoms. The summed E-state index contributed by atoms with van der Waals surface area (Å²) >= 11 is 0. The molecule has 2 aliphatic carbocycles. The summed E-state index contributed by atoms with van der Waals surface area (Å²) in [5, 5.41) is 0. The molecule has 0 unspecified atom stereocenters. The van der Waals surface area contributed by atoms with Gasteiger partial charge >= 0.3 is 0 Å². The number of sulfonamides is 1. The van der Waals surface area contributed by atoms with Crippen molar-refractivity contribution in [3.8, 4) is 11.1 Å². The van der Waals surface area contributed by atoms with E-state index in [1.54, 1.807) is 36.4 Å². The molecular formula is C27H35NO5S2. The Morgan fingerprint density at radius 2 is 1.60 bits per heavy atom. The summed E-state index contributed by atoms with van der Waals surface area (Å²) in [5.41, 5.74) is 3.54. The maximum Gasteiger partial charge on any atom is 0.297 e. The van der Waals surface area contributed by atoms with Crippen molar-refractivity contribution < 1.29 is 21.0 Å². The molecule has 8 heteroatoms. The molecule has 1 aromatic rings. The molecule has 0 amide bonds. The molecule has 1 N–H and O–H groups in total. The van der Waals surface area contributed by atoms with E-state index in [4.69, 9.17) is 4.18 Å². The first kappa shape index (κ1) is 27.3. The summed E-state index contributed by atoms with van der Waals surface area (Å²) in [5.74, 6) is 0.248. The highest BCUT2D eigenvalue weighted by Crippen LogP contribution is 2.38. The first-order valence-corrected chi connectivity index (χ1v) is 15.0. The lowest BCUT2D eigenvalue weighted by atomic mass is 10.0. The Balaban J connectivity index is 1.76. The summed E-state index contributed by atoms with van der Waals surface area (Å²) in [6, 6.07) is 17.9. The summed E-state index contributed by atoms with van der Waals surface area (Å²) < 4.78 is 58.8. The zero-order valence-electron chi connectivity index (χ0n) is 20.7. The van der Waals surface area contributed by atoms with Gasteiger partial charge < -0.3 is 0 Å². The normalized spacial score (nSPS) is 12.5. The zero-order chi connectivity index (χ0) is 25.5. The summed E-state index contributed by atoms with van der Waals surface area (Å²) in [4.78, 5) is 0.454. The molecule has 0 aliphatic heterocycles. The molecule has 0 saturated heterocycles. The van der Waals surface area contributed by atoms with E-state index in [1.807, 2.05) is 31.2 Å². The fourth-order valence-electron chi connectivity index (χ4n) is 3.91. The van der Waals surface area contributed by atoms with Crippen LogP contribution in [0.3, 0.4) is 0 Å². The van der Waals surface area contributed by atoms with E-state index >= 15 is 0 Å². The summed E-state index contributed by atoms with van der Waals surface area (Å²) in [6.07, 6.45) is 3.50. The van der Waals surface area contributed by atoms with E-state index in [1.165, 1.54) is 0 Å². The number of hydrogen-bond acceptors (Lipinski definition) is 5. The predicted molar refractivity (Wildman–Crippen MR) is 140 cm³/mol. The van der Waals surface area contributed by atoms with Crippen LogP contribution in [0.15, 0.2) is 70.5 Å². The van der Waals surface area contributed by atoms with Gasteiger partial charge in [-0.2, -0.15) is 8.42 Å². The highest BCUT2D eigenvalue weighted by atomic mass is 32.2. The van der Waals surface area contributed by atoms with E-state index in [0.29, 0.717) is 37.8 Å². The van der Waals surface area contributed by atoms with Crippen molar-refractivity contribution in [2.45, 2.75) is 68.6 Å². The number of aryl methyl sites for hydroxylation is 1. The van der Waals surface area contributed by atoms with Gasteiger partial charge in [0.2, 0.25) is 10.0 Å². The maximum atomic E-state index is 13.0. The van der Waals surface area contributed by atoms with E-state index < -0.39 is 20.1 Å². The Morgan fingerprint density at radius 1 is 0.857 bits per heavy atom. The van der Waals surface area contributed by atoms with Gasteiger partial charge in [-0.05, 0) is 72.6 Å². The second-order valence-corrected chi connectivity index (χ2v) is 12.3. The van der Waals surface area contributed by atoms with E-state index in [0.717, 1.165) is 23.1 Å². The minimum Gasteiger partial charge on any atom is -0.266 e. The van der Waals surface area contributed by atoms with Crippen molar-refractivity contribution in [1.29, 1.82) is 0 Å². The van der Waals surface area contributed by atoms with Crippen LogP contribution in [0.4, 0.5) is 0 Å². The third kappa shape index (κ3) is 7.13.